The lowest BCUT2D eigenvalue weighted by atomic mass is 9.97. The summed E-state index contributed by atoms with van der Waals surface area (Å²) in [7, 11) is 0. The van der Waals surface area contributed by atoms with Crippen molar-refractivity contribution in [1.82, 2.24) is 0 Å². The van der Waals surface area contributed by atoms with Crippen LogP contribution in [0.1, 0.15) is 12.5 Å². The molecular formula is C17H16N2. The average molecular weight is 248 g/mol. The Bertz CT molecular complexity index is 639. The summed E-state index contributed by atoms with van der Waals surface area (Å²) < 4.78 is 0. The van der Waals surface area contributed by atoms with Gasteiger partial charge in [-0.3, -0.25) is 4.99 Å². The van der Waals surface area contributed by atoms with E-state index < -0.39 is 0 Å². The molecule has 0 saturated heterocycles. The van der Waals surface area contributed by atoms with E-state index in [1.165, 1.54) is 22.4 Å². The van der Waals surface area contributed by atoms with Gasteiger partial charge in [0.2, 0.25) is 0 Å². The number of hydrogen-bond donors (Lipinski definition) is 1. The highest BCUT2D eigenvalue weighted by Gasteiger charge is 2.12. The Balaban J connectivity index is 1.92. The van der Waals surface area contributed by atoms with E-state index in [-0.39, 0.29) is 0 Å². The van der Waals surface area contributed by atoms with E-state index >= 15 is 0 Å². The summed E-state index contributed by atoms with van der Waals surface area (Å²) in [5, 5.41) is 3.43. The fourth-order valence-corrected chi connectivity index (χ4v) is 2.27. The Morgan fingerprint density at radius 2 is 1.74 bits per heavy atom. The maximum absolute atomic E-state index is 4.53. The Morgan fingerprint density at radius 3 is 2.58 bits per heavy atom. The standard InChI is InChI=1S/C17H16N2/c1-13-14(11-18-15-7-3-2-4-8-15)12-19-17-10-6-5-9-16(13)17/h2-11,19H,12H2,1H3/b18-11+. The zero-order valence-electron chi connectivity index (χ0n) is 10.9. The molecule has 2 aromatic carbocycles. The van der Waals surface area contributed by atoms with E-state index in [1.54, 1.807) is 0 Å². The van der Waals surface area contributed by atoms with Crippen molar-refractivity contribution in [2.24, 2.45) is 4.99 Å². The number of para-hydroxylation sites is 2. The van der Waals surface area contributed by atoms with Crippen molar-refractivity contribution in [1.29, 1.82) is 0 Å². The third-order valence-corrected chi connectivity index (χ3v) is 3.41. The molecule has 0 bridgehead atoms. The molecule has 0 aliphatic carbocycles. The molecule has 0 amide bonds. The minimum atomic E-state index is 0.833. The van der Waals surface area contributed by atoms with Crippen molar-refractivity contribution in [3.63, 3.8) is 0 Å². The van der Waals surface area contributed by atoms with Crippen molar-refractivity contribution in [2.45, 2.75) is 6.92 Å². The first-order valence-electron chi connectivity index (χ1n) is 6.47. The van der Waals surface area contributed by atoms with E-state index in [1.807, 2.05) is 36.5 Å². The lowest BCUT2D eigenvalue weighted by molar-refractivity contribution is 1.24. The number of benzene rings is 2. The van der Waals surface area contributed by atoms with Crippen LogP contribution in [0.5, 0.6) is 0 Å². The summed E-state index contributed by atoms with van der Waals surface area (Å²) in [5.74, 6) is 0. The van der Waals surface area contributed by atoms with E-state index in [0.29, 0.717) is 0 Å². The predicted molar refractivity (Wildman–Crippen MR) is 82.1 cm³/mol. The van der Waals surface area contributed by atoms with Gasteiger partial charge >= 0.3 is 0 Å². The zero-order valence-corrected chi connectivity index (χ0v) is 10.9. The van der Waals surface area contributed by atoms with Crippen LogP contribution in [-0.2, 0) is 0 Å². The SMILES string of the molecule is CC1=C(/C=N/c2ccccc2)CNc2ccccc21. The molecule has 0 saturated carbocycles. The summed E-state index contributed by atoms with van der Waals surface area (Å²) in [6, 6.07) is 18.4. The number of hydrogen-bond acceptors (Lipinski definition) is 2. The van der Waals surface area contributed by atoms with Gasteiger partial charge in [-0.15, -0.1) is 0 Å². The number of anilines is 1. The number of aliphatic imine (C=N–C) groups is 1. The fraction of sp³-hybridized carbons (Fsp3) is 0.118. The van der Waals surface area contributed by atoms with Crippen molar-refractivity contribution in [2.75, 3.05) is 11.9 Å². The molecule has 2 aromatic rings. The molecule has 0 fully saturated rings. The zero-order chi connectivity index (χ0) is 13.1. The van der Waals surface area contributed by atoms with Crippen LogP contribution >= 0.6 is 0 Å². The second kappa shape index (κ2) is 5.11. The number of allylic oxidation sites excluding steroid dienone is 1. The largest absolute Gasteiger partial charge is 0.380 e. The van der Waals surface area contributed by atoms with Crippen LogP contribution in [0.25, 0.3) is 5.57 Å². The monoisotopic (exact) mass is 248 g/mol. The maximum atomic E-state index is 4.53. The lowest BCUT2D eigenvalue weighted by Gasteiger charge is -2.20. The van der Waals surface area contributed by atoms with Gasteiger partial charge in [-0.05, 0) is 36.3 Å². The van der Waals surface area contributed by atoms with E-state index in [2.05, 4.69) is 41.5 Å². The van der Waals surface area contributed by atoms with Gasteiger partial charge in [0.15, 0.2) is 0 Å². The van der Waals surface area contributed by atoms with Gasteiger partial charge in [0.25, 0.3) is 0 Å². The van der Waals surface area contributed by atoms with Gasteiger partial charge in [-0.2, -0.15) is 0 Å². The van der Waals surface area contributed by atoms with Gasteiger partial charge in [0.05, 0.1) is 5.69 Å². The van der Waals surface area contributed by atoms with Crippen molar-refractivity contribution in [3.05, 3.63) is 65.7 Å². The molecule has 1 N–H and O–H groups in total. The van der Waals surface area contributed by atoms with Gasteiger partial charge in [-0.25, -0.2) is 0 Å². The van der Waals surface area contributed by atoms with Gasteiger partial charge in [-0.1, -0.05) is 36.4 Å². The van der Waals surface area contributed by atoms with Crippen LogP contribution in [0.15, 0.2) is 65.2 Å². The highest BCUT2D eigenvalue weighted by molar-refractivity contribution is 5.96. The van der Waals surface area contributed by atoms with Crippen molar-refractivity contribution >= 4 is 23.2 Å². The number of rotatable bonds is 2. The summed E-state index contributed by atoms with van der Waals surface area (Å²) >= 11 is 0. The summed E-state index contributed by atoms with van der Waals surface area (Å²) in [4.78, 5) is 4.53. The lowest BCUT2D eigenvalue weighted by Crippen LogP contribution is -2.13. The van der Waals surface area contributed by atoms with Gasteiger partial charge < -0.3 is 5.32 Å². The molecule has 0 atom stereocenters. The maximum Gasteiger partial charge on any atom is 0.0629 e. The highest BCUT2D eigenvalue weighted by Crippen LogP contribution is 2.29. The van der Waals surface area contributed by atoms with Crippen LogP contribution in [-0.4, -0.2) is 12.8 Å². The molecule has 0 aromatic heterocycles. The summed E-state index contributed by atoms with van der Waals surface area (Å²) in [5.41, 5.74) is 6.00. The molecule has 2 nitrogen and oxygen atoms in total. The first-order chi connectivity index (χ1) is 9.34. The second-order valence-electron chi connectivity index (χ2n) is 4.64. The van der Waals surface area contributed by atoms with E-state index in [4.69, 9.17) is 0 Å². The van der Waals surface area contributed by atoms with Crippen LogP contribution in [0.3, 0.4) is 0 Å². The van der Waals surface area contributed by atoms with Crippen LogP contribution in [0, 0.1) is 0 Å². The fourth-order valence-electron chi connectivity index (χ4n) is 2.27. The first kappa shape index (κ1) is 11.7. The average Bonchev–Trinajstić information content (AvgIpc) is 2.48. The summed E-state index contributed by atoms with van der Waals surface area (Å²) in [6.07, 6.45) is 1.97. The van der Waals surface area contributed by atoms with Crippen molar-refractivity contribution < 1.29 is 0 Å². The molecular weight excluding hydrogens is 232 g/mol. The number of nitrogens with zero attached hydrogens (tertiary/aromatic N) is 1. The van der Waals surface area contributed by atoms with Crippen LogP contribution in [0.4, 0.5) is 11.4 Å². The normalized spacial score (nSPS) is 14.4. The minimum Gasteiger partial charge on any atom is -0.380 e. The topological polar surface area (TPSA) is 24.4 Å². The first-order valence-corrected chi connectivity index (χ1v) is 6.47. The van der Waals surface area contributed by atoms with E-state index in [9.17, 15) is 0 Å². The molecule has 3 rings (SSSR count). The molecule has 19 heavy (non-hydrogen) atoms. The van der Waals surface area contributed by atoms with Gasteiger partial charge in [0.1, 0.15) is 0 Å². The van der Waals surface area contributed by atoms with Crippen LogP contribution < -0.4 is 5.32 Å². The molecule has 1 aliphatic rings. The molecule has 94 valence electrons. The van der Waals surface area contributed by atoms with Crippen molar-refractivity contribution in [3.8, 4) is 0 Å². The Hall–Kier alpha value is -2.35. The predicted octanol–water partition coefficient (Wildman–Crippen LogP) is 4.29. The second-order valence-corrected chi connectivity index (χ2v) is 4.64. The smallest absolute Gasteiger partial charge is 0.0629 e. The molecule has 2 heteroatoms. The Labute approximate surface area is 113 Å². The summed E-state index contributed by atoms with van der Waals surface area (Å²) in [6.45, 7) is 2.99. The third-order valence-electron chi connectivity index (χ3n) is 3.41. The Kier molecular flexibility index (Phi) is 3.15. The van der Waals surface area contributed by atoms with Crippen LogP contribution in [0.2, 0.25) is 0 Å². The molecule has 1 heterocycles. The van der Waals surface area contributed by atoms with E-state index in [0.717, 1.165) is 12.2 Å². The molecule has 0 radical (unpaired) electrons. The quantitative estimate of drug-likeness (QED) is 0.788. The molecule has 0 spiro atoms. The number of nitrogens with one attached hydrogen (secondary N) is 1. The van der Waals surface area contributed by atoms with Gasteiger partial charge in [0, 0.05) is 24.0 Å². The minimum absolute atomic E-state index is 0.833. The molecule has 1 aliphatic heterocycles. The highest BCUT2D eigenvalue weighted by atomic mass is 14.9. The third kappa shape index (κ3) is 2.43. The Morgan fingerprint density at radius 1 is 1.00 bits per heavy atom. The molecule has 0 unspecified atom stereocenters. The number of fused-ring (bicyclic) bond motifs is 1.